The molecule has 2 heterocycles. The van der Waals surface area contributed by atoms with E-state index < -0.39 is 17.2 Å². The second kappa shape index (κ2) is 8.26. The van der Waals surface area contributed by atoms with E-state index in [0.29, 0.717) is 5.69 Å². The topological polar surface area (TPSA) is 64.0 Å². The van der Waals surface area contributed by atoms with Crippen LogP contribution in [-0.4, -0.2) is 42.1 Å². The van der Waals surface area contributed by atoms with E-state index in [2.05, 4.69) is 15.3 Å². The van der Waals surface area contributed by atoms with Gasteiger partial charge in [0.05, 0.1) is 44.2 Å². The average Bonchev–Trinajstić information content (AvgIpc) is 2.70. The number of hydrogen-bond donors (Lipinski definition) is 1. The van der Waals surface area contributed by atoms with Crippen LogP contribution in [0.1, 0.15) is 32.1 Å². The lowest BCUT2D eigenvalue weighted by Crippen LogP contribution is -2.89. The number of quaternary nitrogens is 1. The minimum atomic E-state index is -0.755. The molecule has 1 aromatic heterocycles. The molecule has 0 bridgehead atoms. The highest BCUT2D eigenvalue weighted by Gasteiger charge is 2.25. The van der Waals surface area contributed by atoms with Gasteiger partial charge in [-0.05, 0) is 37.8 Å². The van der Waals surface area contributed by atoms with Crippen molar-refractivity contribution in [2.45, 2.75) is 38.2 Å². The van der Waals surface area contributed by atoms with Crippen LogP contribution in [0.4, 0.5) is 14.5 Å². The Bertz CT molecular complexity index is 870. The Hall–Kier alpha value is -2.48. The maximum atomic E-state index is 13.7. The zero-order valence-corrected chi connectivity index (χ0v) is 15.7. The third kappa shape index (κ3) is 4.01. The maximum absolute atomic E-state index is 13.7. The Labute approximate surface area is 162 Å². The summed E-state index contributed by atoms with van der Waals surface area (Å²) in [5, 5.41) is 6.42. The smallest absolute Gasteiger partial charge is 0.316 e. The molecule has 8 heteroatoms. The molecule has 2 aliphatic rings. The zero-order chi connectivity index (χ0) is 19.5. The number of halogens is 2. The average molecular weight is 391 g/mol. The number of benzene rings is 1. The SMILES string of the molecule is O=c1c(OC2CCCCC2)c(N2CC[NH2+]CC2)cnn1-c1cc(F)cc(F)c1. The first-order chi connectivity index (χ1) is 13.6. The summed E-state index contributed by atoms with van der Waals surface area (Å²) >= 11 is 0. The fourth-order valence-corrected chi connectivity index (χ4v) is 3.95. The van der Waals surface area contributed by atoms with Crippen molar-refractivity contribution in [1.29, 1.82) is 0 Å². The zero-order valence-electron chi connectivity index (χ0n) is 15.7. The standard InChI is InChI=1S/C20H24F2N4O2/c21-14-10-15(22)12-16(11-14)26-20(27)19(28-17-4-2-1-3-5-17)18(13-24-26)25-8-6-23-7-9-25/h10-13,17,23H,1-9H2/p+1. The number of nitrogens with zero attached hydrogens (tertiary/aromatic N) is 3. The van der Waals surface area contributed by atoms with Crippen LogP contribution in [0.3, 0.4) is 0 Å². The molecule has 1 aliphatic carbocycles. The van der Waals surface area contributed by atoms with Gasteiger partial charge in [0.25, 0.3) is 0 Å². The number of piperazine rings is 1. The molecular weight excluding hydrogens is 366 g/mol. The monoisotopic (exact) mass is 391 g/mol. The number of aromatic nitrogens is 2. The van der Waals surface area contributed by atoms with Gasteiger partial charge in [0.2, 0.25) is 5.75 Å². The van der Waals surface area contributed by atoms with Gasteiger partial charge in [0, 0.05) is 6.07 Å². The summed E-state index contributed by atoms with van der Waals surface area (Å²) in [6.45, 7) is 3.45. The van der Waals surface area contributed by atoms with Crippen molar-refractivity contribution in [3.63, 3.8) is 0 Å². The fraction of sp³-hybridized carbons (Fsp3) is 0.500. The van der Waals surface area contributed by atoms with E-state index in [4.69, 9.17) is 4.74 Å². The van der Waals surface area contributed by atoms with Crippen molar-refractivity contribution in [1.82, 2.24) is 9.78 Å². The lowest BCUT2D eigenvalue weighted by Gasteiger charge is -2.30. The molecule has 2 N–H and O–H groups in total. The van der Waals surface area contributed by atoms with Crippen LogP contribution in [0.15, 0.2) is 29.2 Å². The van der Waals surface area contributed by atoms with Gasteiger partial charge in [-0.15, -0.1) is 0 Å². The number of hydrogen-bond acceptors (Lipinski definition) is 4. The first-order valence-corrected chi connectivity index (χ1v) is 9.94. The Balaban J connectivity index is 1.76. The van der Waals surface area contributed by atoms with Gasteiger partial charge < -0.3 is 15.0 Å². The quantitative estimate of drug-likeness (QED) is 0.860. The summed E-state index contributed by atoms with van der Waals surface area (Å²) in [6, 6.07) is 2.96. The highest BCUT2D eigenvalue weighted by molar-refractivity contribution is 5.57. The molecule has 0 radical (unpaired) electrons. The van der Waals surface area contributed by atoms with Crippen molar-refractivity contribution in [3.05, 3.63) is 46.4 Å². The number of rotatable bonds is 4. The van der Waals surface area contributed by atoms with Gasteiger partial charge in [-0.3, -0.25) is 4.79 Å². The van der Waals surface area contributed by atoms with E-state index in [1.807, 2.05) is 0 Å². The minimum absolute atomic E-state index is 0.0170. The van der Waals surface area contributed by atoms with Crippen LogP contribution in [0.5, 0.6) is 5.75 Å². The Morgan fingerprint density at radius 2 is 1.71 bits per heavy atom. The molecule has 1 aromatic carbocycles. The number of ether oxygens (including phenoxy) is 1. The van der Waals surface area contributed by atoms with Crippen LogP contribution >= 0.6 is 0 Å². The Kier molecular flexibility index (Phi) is 5.57. The highest BCUT2D eigenvalue weighted by Crippen LogP contribution is 2.29. The van der Waals surface area contributed by atoms with Crippen LogP contribution < -0.4 is 20.5 Å². The van der Waals surface area contributed by atoms with Crippen molar-refractivity contribution >= 4 is 5.69 Å². The van der Waals surface area contributed by atoms with E-state index in [9.17, 15) is 13.6 Å². The molecule has 2 fully saturated rings. The second-order valence-electron chi connectivity index (χ2n) is 7.43. The van der Waals surface area contributed by atoms with Crippen LogP contribution in [-0.2, 0) is 0 Å². The molecule has 0 unspecified atom stereocenters. The lowest BCUT2D eigenvalue weighted by molar-refractivity contribution is -0.655. The third-order valence-corrected chi connectivity index (χ3v) is 5.39. The molecule has 28 heavy (non-hydrogen) atoms. The third-order valence-electron chi connectivity index (χ3n) is 5.39. The first-order valence-electron chi connectivity index (χ1n) is 9.94. The largest absolute Gasteiger partial charge is 0.483 e. The van der Waals surface area contributed by atoms with Crippen molar-refractivity contribution < 1.29 is 18.8 Å². The van der Waals surface area contributed by atoms with Crippen LogP contribution in [0.2, 0.25) is 0 Å². The summed E-state index contributed by atoms with van der Waals surface area (Å²) in [7, 11) is 0. The molecule has 2 aromatic rings. The Morgan fingerprint density at radius 3 is 2.39 bits per heavy atom. The molecule has 1 saturated carbocycles. The van der Waals surface area contributed by atoms with Crippen molar-refractivity contribution in [3.8, 4) is 11.4 Å². The first kappa shape index (κ1) is 18.9. The van der Waals surface area contributed by atoms with Crippen LogP contribution in [0, 0.1) is 11.6 Å². The van der Waals surface area contributed by atoms with E-state index in [1.54, 1.807) is 6.20 Å². The summed E-state index contributed by atoms with van der Waals surface area (Å²) < 4.78 is 34.5. The highest BCUT2D eigenvalue weighted by atomic mass is 19.1. The number of nitrogens with two attached hydrogens (primary N) is 1. The summed E-state index contributed by atoms with van der Waals surface area (Å²) in [5.74, 6) is -1.28. The molecule has 6 nitrogen and oxygen atoms in total. The van der Waals surface area contributed by atoms with Crippen molar-refractivity contribution in [2.24, 2.45) is 0 Å². The molecule has 0 amide bonds. The molecule has 0 atom stereocenters. The molecular formula is C20H25F2N4O2+. The summed E-state index contributed by atoms with van der Waals surface area (Å²) in [5.41, 5.74) is 0.231. The second-order valence-corrected chi connectivity index (χ2v) is 7.43. The van der Waals surface area contributed by atoms with Gasteiger partial charge in [-0.2, -0.15) is 9.78 Å². The predicted octanol–water partition coefficient (Wildman–Crippen LogP) is 1.61. The maximum Gasteiger partial charge on any atom is 0.316 e. The van der Waals surface area contributed by atoms with E-state index in [-0.39, 0.29) is 17.5 Å². The van der Waals surface area contributed by atoms with Crippen LogP contribution in [0.25, 0.3) is 5.69 Å². The normalized spacial score (nSPS) is 18.3. The van der Waals surface area contributed by atoms with E-state index >= 15 is 0 Å². The molecule has 0 spiro atoms. The molecule has 4 rings (SSSR count). The van der Waals surface area contributed by atoms with Gasteiger partial charge in [0.1, 0.15) is 17.3 Å². The van der Waals surface area contributed by atoms with Gasteiger partial charge in [0.15, 0.2) is 0 Å². The summed E-state index contributed by atoms with van der Waals surface area (Å²) in [4.78, 5) is 15.3. The van der Waals surface area contributed by atoms with Crippen molar-refractivity contribution in [2.75, 3.05) is 31.1 Å². The molecule has 150 valence electrons. The molecule has 1 aliphatic heterocycles. The Morgan fingerprint density at radius 1 is 1.04 bits per heavy atom. The summed E-state index contributed by atoms with van der Waals surface area (Å²) in [6.07, 6.45) is 6.70. The van der Waals surface area contributed by atoms with Gasteiger partial charge >= 0.3 is 5.56 Å². The van der Waals surface area contributed by atoms with E-state index in [1.165, 1.54) is 6.42 Å². The molecule has 1 saturated heterocycles. The number of anilines is 1. The fourth-order valence-electron chi connectivity index (χ4n) is 3.95. The van der Waals surface area contributed by atoms with Gasteiger partial charge in [-0.25, -0.2) is 8.78 Å². The van der Waals surface area contributed by atoms with E-state index in [0.717, 1.165) is 74.7 Å². The van der Waals surface area contributed by atoms with Gasteiger partial charge in [-0.1, -0.05) is 6.42 Å². The lowest BCUT2D eigenvalue weighted by atomic mass is 9.98. The minimum Gasteiger partial charge on any atom is -0.483 e. The predicted molar refractivity (Wildman–Crippen MR) is 101 cm³/mol.